The molecule has 4 N–H and O–H groups in total. The number of hydrogen-bond donors (Lipinski definition) is 2. The van der Waals surface area contributed by atoms with Crippen molar-refractivity contribution < 1.29 is 0 Å². The Bertz CT molecular complexity index is 176. The molecule has 0 aromatic rings. The summed E-state index contributed by atoms with van der Waals surface area (Å²) in [6.45, 7) is 1.75. The lowest BCUT2D eigenvalue weighted by Crippen LogP contribution is -2.41. The Kier molecular flexibility index (Phi) is 3.91. The molecule has 3 aliphatic rings. The van der Waals surface area contributed by atoms with Crippen LogP contribution in [0.2, 0.25) is 0 Å². The van der Waals surface area contributed by atoms with E-state index in [1.807, 2.05) is 0 Å². The number of fused-ring (bicyclic) bond motifs is 3. The van der Waals surface area contributed by atoms with E-state index in [4.69, 9.17) is 11.5 Å². The second kappa shape index (κ2) is 5.05. The zero-order valence-electron chi connectivity index (χ0n) is 10.6. The van der Waals surface area contributed by atoms with Crippen LogP contribution in [0.5, 0.6) is 0 Å². The second-order valence-electron chi connectivity index (χ2n) is 6.28. The Balaban J connectivity index is 1.87. The molecule has 0 saturated heterocycles. The van der Waals surface area contributed by atoms with Crippen molar-refractivity contribution in [1.29, 1.82) is 0 Å². The fourth-order valence-corrected chi connectivity index (χ4v) is 4.05. The van der Waals surface area contributed by atoms with Crippen molar-refractivity contribution in [3.8, 4) is 0 Å². The molecule has 0 aromatic carbocycles. The van der Waals surface area contributed by atoms with E-state index in [0.29, 0.717) is 10.8 Å². The molecule has 0 radical (unpaired) electrons. The van der Waals surface area contributed by atoms with E-state index >= 15 is 0 Å². The van der Waals surface area contributed by atoms with Gasteiger partial charge in [0.2, 0.25) is 0 Å². The van der Waals surface area contributed by atoms with Crippen molar-refractivity contribution in [2.24, 2.45) is 22.3 Å². The molecule has 0 heterocycles. The highest BCUT2D eigenvalue weighted by atomic mass is 14.6. The standard InChI is InChI=1S/C14H28N2/c15-11-1-3-13-5-8-14(9-6-13,10-7-13)4-2-12-16/h1-12,15-16H2. The topological polar surface area (TPSA) is 52.0 Å². The summed E-state index contributed by atoms with van der Waals surface area (Å²) in [6, 6.07) is 0. The minimum atomic E-state index is 0.698. The van der Waals surface area contributed by atoms with Crippen molar-refractivity contribution in [3.63, 3.8) is 0 Å². The monoisotopic (exact) mass is 224 g/mol. The van der Waals surface area contributed by atoms with Gasteiger partial charge in [-0.2, -0.15) is 0 Å². The van der Waals surface area contributed by atoms with Crippen LogP contribution in [0.4, 0.5) is 0 Å². The maximum Gasteiger partial charge on any atom is -0.00771 e. The van der Waals surface area contributed by atoms with E-state index in [9.17, 15) is 0 Å². The van der Waals surface area contributed by atoms with Gasteiger partial charge >= 0.3 is 0 Å². The fraction of sp³-hybridized carbons (Fsp3) is 1.00. The lowest BCUT2D eigenvalue weighted by atomic mass is 9.51. The Morgan fingerprint density at radius 2 is 0.938 bits per heavy atom. The molecular weight excluding hydrogens is 196 g/mol. The van der Waals surface area contributed by atoms with Crippen molar-refractivity contribution in [1.82, 2.24) is 0 Å². The van der Waals surface area contributed by atoms with Gasteiger partial charge in [-0.3, -0.25) is 0 Å². The predicted octanol–water partition coefficient (Wildman–Crippen LogP) is 2.80. The average molecular weight is 224 g/mol. The summed E-state index contributed by atoms with van der Waals surface area (Å²) in [5.41, 5.74) is 12.7. The first-order valence-corrected chi connectivity index (χ1v) is 7.14. The third-order valence-corrected chi connectivity index (χ3v) is 5.38. The molecule has 3 fully saturated rings. The normalized spacial score (nSPS) is 37.9. The summed E-state index contributed by atoms with van der Waals surface area (Å²) >= 11 is 0. The maximum atomic E-state index is 5.65. The molecule has 2 nitrogen and oxygen atoms in total. The Morgan fingerprint density at radius 3 is 1.19 bits per heavy atom. The van der Waals surface area contributed by atoms with Crippen LogP contribution in [-0.2, 0) is 0 Å². The zero-order chi connectivity index (χ0) is 11.5. The first kappa shape index (κ1) is 12.4. The molecule has 2 bridgehead atoms. The lowest BCUT2D eigenvalue weighted by Gasteiger charge is -2.54. The van der Waals surface area contributed by atoms with Crippen molar-refractivity contribution in [2.45, 2.75) is 64.2 Å². The second-order valence-corrected chi connectivity index (χ2v) is 6.28. The van der Waals surface area contributed by atoms with E-state index in [-0.39, 0.29) is 0 Å². The first-order chi connectivity index (χ1) is 7.74. The van der Waals surface area contributed by atoms with Crippen LogP contribution < -0.4 is 11.5 Å². The number of nitrogens with two attached hydrogens (primary N) is 2. The predicted molar refractivity (Wildman–Crippen MR) is 69.1 cm³/mol. The van der Waals surface area contributed by atoms with Crippen LogP contribution in [-0.4, -0.2) is 13.1 Å². The number of rotatable bonds is 6. The molecule has 0 unspecified atom stereocenters. The van der Waals surface area contributed by atoms with Gasteiger partial charge in [0.1, 0.15) is 0 Å². The first-order valence-electron chi connectivity index (χ1n) is 7.14. The van der Waals surface area contributed by atoms with Crippen molar-refractivity contribution in [3.05, 3.63) is 0 Å². The molecule has 94 valence electrons. The van der Waals surface area contributed by atoms with Crippen LogP contribution in [0.3, 0.4) is 0 Å². The highest BCUT2D eigenvalue weighted by molar-refractivity contribution is 4.99. The third kappa shape index (κ3) is 2.43. The smallest absolute Gasteiger partial charge is 0.00771 e. The molecule has 16 heavy (non-hydrogen) atoms. The van der Waals surface area contributed by atoms with Gasteiger partial charge in [-0.25, -0.2) is 0 Å². The summed E-state index contributed by atoms with van der Waals surface area (Å²) < 4.78 is 0. The lowest BCUT2D eigenvalue weighted by molar-refractivity contribution is -0.0207. The molecule has 0 aromatic heterocycles. The van der Waals surface area contributed by atoms with Gasteiger partial charge in [-0.05, 0) is 88.1 Å². The quantitative estimate of drug-likeness (QED) is 0.729. The van der Waals surface area contributed by atoms with E-state index in [1.165, 1.54) is 64.2 Å². The summed E-state index contributed by atoms with van der Waals surface area (Å²) in [4.78, 5) is 0. The highest BCUT2D eigenvalue weighted by Gasteiger charge is 2.47. The van der Waals surface area contributed by atoms with Crippen LogP contribution in [0.1, 0.15) is 64.2 Å². The van der Waals surface area contributed by atoms with Gasteiger partial charge < -0.3 is 11.5 Å². The van der Waals surface area contributed by atoms with Crippen LogP contribution >= 0.6 is 0 Å². The molecule has 3 saturated carbocycles. The zero-order valence-corrected chi connectivity index (χ0v) is 10.6. The van der Waals surface area contributed by atoms with Gasteiger partial charge in [-0.1, -0.05) is 0 Å². The van der Waals surface area contributed by atoms with E-state index in [0.717, 1.165) is 13.1 Å². The molecule has 3 aliphatic carbocycles. The Labute approximate surface area is 100 Å². The summed E-state index contributed by atoms with van der Waals surface area (Å²) in [5.74, 6) is 0. The molecule has 3 rings (SSSR count). The largest absolute Gasteiger partial charge is 0.330 e. The van der Waals surface area contributed by atoms with Crippen molar-refractivity contribution in [2.75, 3.05) is 13.1 Å². The minimum absolute atomic E-state index is 0.698. The third-order valence-electron chi connectivity index (χ3n) is 5.38. The van der Waals surface area contributed by atoms with E-state index < -0.39 is 0 Å². The molecule has 2 heteroatoms. The van der Waals surface area contributed by atoms with Gasteiger partial charge in [0, 0.05) is 0 Å². The van der Waals surface area contributed by atoms with E-state index in [2.05, 4.69) is 0 Å². The van der Waals surface area contributed by atoms with Crippen LogP contribution in [0, 0.1) is 10.8 Å². The SMILES string of the molecule is NCCCC12CCC(CCCN)(CC1)CC2. The van der Waals surface area contributed by atoms with Crippen LogP contribution in [0.15, 0.2) is 0 Å². The Morgan fingerprint density at radius 1 is 0.625 bits per heavy atom. The van der Waals surface area contributed by atoms with Gasteiger partial charge in [-0.15, -0.1) is 0 Å². The average Bonchev–Trinajstić information content (AvgIpc) is 2.37. The van der Waals surface area contributed by atoms with Crippen LogP contribution in [0.25, 0.3) is 0 Å². The summed E-state index contributed by atoms with van der Waals surface area (Å²) in [7, 11) is 0. The van der Waals surface area contributed by atoms with Gasteiger partial charge in [0.25, 0.3) is 0 Å². The molecule has 0 aliphatic heterocycles. The molecular formula is C14H28N2. The minimum Gasteiger partial charge on any atom is -0.330 e. The Hall–Kier alpha value is -0.0800. The van der Waals surface area contributed by atoms with Gasteiger partial charge in [0.05, 0.1) is 0 Å². The molecule has 0 spiro atoms. The fourth-order valence-electron chi connectivity index (χ4n) is 4.05. The van der Waals surface area contributed by atoms with E-state index in [1.54, 1.807) is 0 Å². The molecule has 0 amide bonds. The maximum absolute atomic E-state index is 5.65. The van der Waals surface area contributed by atoms with Crippen molar-refractivity contribution >= 4 is 0 Å². The number of hydrogen-bond acceptors (Lipinski definition) is 2. The molecule has 0 atom stereocenters. The summed E-state index contributed by atoms with van der Waals surface area (Å²) in [5, 5.41) is 0. The van der Waals surface area contributed by atoms with Gasteiger partial charge in [0.15, 0.2) is 0 Å². The summed E-state index contributed by atoms with van der Waals surface area (Å²) in [6.07, 6.45) is 14.1. The highest BCUT2D eigenvalue weighted by Crippen LogP contribution is 2.60.